The van der Waals surface area contributed by atoms with Crippen molar-refractivity contribution in [3.05, 3.63) is 41.3 Å². The van der Waals surface area contributed by atoms with Crippen molar-refractivity contribution >= 4 is 22.2 Å². The van der Waals surface area contributed by atoms with Gasteiger partial charge in [-0.25, -0.2) is 9.37 Å². The number of thiazole rings is 1. The van der Waals surface area contributed by atoms with Crippen molar-refractivity contribution in [3.63, 3.8) is 0 Å². The van der Waals surface area contributed by atoms with E-state index in [0.29, 0.717) is 34.4 Å². The molecule has 3 rings (SSSR count). The number of fused-ring (bicyclic) bond motifs is 1. The molecule has 0 fully saturated rings. The zero-order valence-electron chi connectivity index (χ0n) is 14.4. The smallest absolute Gasteiger partial charge is 0.269 e. The molecule has 0 saturated carbocycles. The van der Waals surface area contributed by atoms with Gasteiger partial charge in [0.05, 0.1) is 12.8 Å². The highest BCUT2D eigenvalue weighted by Gasteiger charge is 2.16. The second-order valence-electron chi connectivity index (χ2n) is 6.19. The molecule has 2 aromatic heterocycles. The second kappa shape index (κ2) is 7.23. The Balaban J connectivity index is 1.85. The van der Waals surface area contributed by atoms with E-state index in [2.05, 4.69) is 24.1 Å². The van der Waals surface area contributed by atoms with Gasteiger partial charge in [0.1, 0.15) is 5.69 Å². The molecule has 132 valence electrons. The summed E-state index contributed by atoms with van der Waals surface area (Å²) in [5, 5.41) is 4.71. The van der Waals surface area contributed by atoms with Crippen molar-refractivity contribution in [2.24, 2.45) is 5.92 Å². The van der Waals surface area contributed by atoms with Crippen LogP contribution in [0, 0.1) is 11.7 Å². The fraction of sp³-hybridized carbons (Fsp3) is 0.333. The lowest BCUT2D eigenvalue weighted by Crippen LogP contribution is -2.26. The van der Waals surface area contributed by atoms with Gasteiger partial charge in [0.25, 0.3) is 5.91 Å². The van der Waals surface area contributed by atoms with Crippen LogP contribution in [0.15, 0.2) is 29.8 Å². The van der Waals surface area contributed by atoms with E-state index in [9.17, 15) is 9.18 Å². The summed E-state index contributed by atoms with van der Waals surface area (Å²) in [6, 6.07) is 4.70. The van der Waals surface area contributed by atoms with Gasteiger partial charge in [0.15, 0.2) is 16.5 Å². The molecule has 0 unspecified atom stereocenters. The van der Waals surface area contributed by atoms with E-state index in [1.54, 1.807) is 28.1 Å². The predicted octanol–water partition coefficient (Wildman–Crippen LogP) is 3.99. The number of imidazole rings is 1. The van der Waals surface area contributed by atoms with E-state index in [1.807, 2.05) is 0 Å². The summed E-state index contributed by atoms with van der Waals surface area (Å²) in [5.41, 5.74) is 1.79. The van der Waals surface area contributed by atoms with Crippen LogP contribution < -0.4 is 10.1 Å². The van der Waals surface area contributed by atoms with E-state index >= 15 is 0 Å². The zero-order valence-corrected chi connectivity index (χ0v) is 15.2. The second-order valence-corrected chi connectivity index (χ2v) is 7.02. The highest BCUT2D eigenvalue weighted by atomic mass is 32.1. The van der Waals surface area contributed by atoms with Gasteiger partial charge in [-0.2, -0.15) is 0 Å². The molecule has 2 heterocycles. The minimum atomic E-state index is -0.442. The molecule has 0 bridgehead atoms. The molecule has 7 heteroatoms. The lowest BCUT2D eigenvalue weighted by Gasteiger charge is -2.06. The monoisotopic (exact) mass is 361 g/mol. The average Bonchev–Trinajstić information content (AvgIpc) is 3.14. The number of rotatable bonds is 6. The van der Waals surface area contributed by atoms with Gasteiger partial charge < -0.3 is 10.1 Å². The highest BCUT2D eigenvalue weighted by Crippen LogP contribution is 2.27. The van der Waals surface area contributed by atoms with Gasteiger partial charge in [-0.3, -0.25) is 9.20 Å². The fourth-order valence-corrected chi connectivity index (χ4v) is 3.33. The number of halogens is 1. The summed E-state index contributed by atoms with van der Waals surface area (Å²) in [5.74, 6) is 0.155. The first-order chi connectivity index (χ1) is 12.0. The van der Waals surface area contributed by atoms with Crippen LogP contribution in [0.25, 0.3) is 16.2 Å². The average molecular weight is 361 g/mol. The van der Waals surface area contributed by atoms with Gasteiger partial charge in [0, 0.05) is 23.7 Å². The van der Waals surface area contributed by atoms with Gasteiger partial charge in [0.2, 0.25) is 0 Å². The summed E-state index contributed by atoms with van der Waals surface area (Å²) in [4.78, 5) is 17.5. The van der Waals surface area contributed by atoms with Gasteiger partial charge >= 0.3 is 0 Å². The molecule has 0 spiro atoms. The third-order valence-electron chi connectivity index (χ3n) is 3.90. The molecule has 0 saturated heterocycles. The maximum absolute atomic E-state index is 13.9. The Labute approximate surface area is 149 Å². The summed E-state index contributed by atoms with van der Waals surface area (Å²) < 4.78 is 20.6. The number of carbonyl (C=O) groups is 1. The number of ether oxygens (including phenoxy) is 1. The molecule has 0 radical (unpaired) electrons. The number of carbonyl (C=O) groups excluding carboxylic acids is 1. The maximum Gasteiger partial charge on any atom is 0.269 e. The van der Waals surface area contributed by atoms with Gasteiger partial charge in [-0.05, 0) is 30.5 Å². The quantitative estimate of drug-likeness (QED) is 0.722. The number of aromatic nitrogens is 2. The number of hydrogen-bond donors (Lipinski definition) is 1. The maximum atomic E-state index is 13.9. The van der Waals surface area contributed by atoms with E-state index in [4.69, 9.17) is 4.74 Å². The van der Waals surface area contributed by atoms with Crippen molar-refractivity contribution < 1.29 is 13.9 Å². The first-order valence-corrected chi connectivity index (χ1v) is 8.96. The van der Waals surface area contributed by atoms with Crippen molar-refractivity contribution in [3.8, 4) is 17.0 Å². The van der Waals surface area contributed by atoms with E-state index in [-0.39, 0.29) is 11.7 Å². The van der Waals surface area contributed by atoms with Crippen LogP contribution in [0.2, 0.25) is 0 Å². The molecular weight excluding hydrogens is 341 g/mol. The third kappa shape index (κ3) is 3.66. The Morgan fingerprint density at radius 2 is 2.24 bits per heavy atom. The number of amides is 1. The summed E-state index contributed by atoms with van der Waals surface area (Å²) >= 11 is 1.38. The highest BCUT2D eigenvalue weighted by molar-refractivity contribution is 7.15. The molecule has 0 aliphatic carbocycles. The Hall–Kier alpha value is -2.41. The summed E-state index contributed by atoms with van der Waals surface area (Å²) in [6.45, 7) is 4.87. The largest absolute Gasteiger partial charge is 0.494 e. The number of benzene rings is 1. The Morgan fingerprint density at radius 1 is 1.44 bits per heavy atom. The molecule has 5 nitrogen and oxygen atoms in total. The van der Waals surface area contributed by atoms with Crippen LogP contribution in [0.1, 0.15) is 30.8 Å². The van der Waals surface area contributed by atoms with Crippen LogP contribution >= 0.6 is 11.3 Å². The van der Waals surface area contributed by atoms with E-state index < -0.39 is 5.82 Å². The molecule has 1 N–H and O–H groups in total. The normalized spacial score (nSPS) is 11.2. The number of nitrogens with zero attached hydrogens (tertiary/aromatic N) is 2. The predicted molar refractivity (Wildman–Crippen MR) is 96.8 cm³/mol. The molecule has 1 aromatic carbocycles. The molecule has 25 heavy (non-hydrogen) atoms. The molecule has 0 atom stereocenters. The van der Waals surface area contributed by atoms with Crippen molar-refractivity contribution in [2.45, 2.75) is 20.3 Å². The van der Waals surface area contributed by atoms with Crippen LogP contribution in [-0.2, 0) is 0 Å². The Kier molecular flexibility index (Phi) is 5.03. The van der Waals surface area contributed by atoms with Crippen LogP contribution in [0.5, 0.6) is 5.75 Å². The van der Waals surface area contributed by atoms with Crippen molar-refractivity contribution in [1.82, 2.24) is 14.7 Å². The van der Waals surface area contributed by atoms with Crippen LogP contribution in [0.3, 0.4) is 0 Å². The zero-order chi connectivity index (χ0) is 18.0. The lowest BCUT2D eigenvalue weighted by atomic mass is 10.1. The van der Waals surface area contributed by atoms with Gasteiger partial charge in [-0.1, -0.05) is 13.8 Å². The van der Waals surface area contributed by atoms with E-state index in [1.165, 1.54) is 24.5 Å². The van der Waals surface area contributed by atoms with E-state index in [0.717, 1.165) is 6.42 Å². The van der Waals surface area contributed by atoms with Crippen molar-refractivity contribution in [2.75, 3.05) is 13.7 Å². The molecule has 0 aliphatic heterocycles. The molecule has 3 aromatic rings. The topological polar surface area (TPSA) is 55.6 Å². The summed E-state index contributed by atoms with van der Waals surface area (Å²) in [7, 11) is 1.43. The minimum Gasteiger partial charge on any atom is -0.494 e. The number of methoxy groups -OCH3 is 1. The lowest BCUT2D eigenvalue weighted by molar-refractivity contribution is 0.0946. The number of hydrogen-bond acceptors (Lipinski definition) is 4. The molecule has 0 aliphatic rings. The fourth-order valence-electron chi connectivity index (χ4n) is 2.48. The van der Waals surface area contributed by atoms with Crippen LogP contribution in [-0.4, -0.2) is 28.9 Å². The molecule has 1 amide bonds. The summed E-state index contributed by atoms with van der Waals surface area (Å²) in [6.07, 6.45) is 2.68. The minimum absolute atomic E-state index is 0.128. The molecular formula is C18H20FN3O2S. The SMILES string of the molecule is COc1ccc(-c2cn3c(C(=O)NCCC(C)C)csc3n2)cc1F. The van der Waals surface area contributed by atoms with Crippen molar-refractivity contribution in [1.29, 1.82) is 0 Å². The first-order valence-electron chi connectivity index (χ1n) is 8.08. The van der Waals surface area contributed by atoms with Crippen LogP contribution in [0.4, 0.5) is 4.39 Å². The Morgan fingerprint density at radius 3 is 2.92 bits per heavy atom. The first kappa shape index (κ1) is 17.4. The van der Waals surface area contributed by atoms with Gasteiger partial charge in [-0.15, -0.1) is 11.3 Å². The third-order valence-corrected chi connectivity index (χ3v) is 4.74. The standard InChI is InChI=1S/C18H20FN3O2S/c1-11(2)6-7-20-17(23)15-10-25-18-21-14(9-22(15)18)12-4-5-16(24-3)13(19)8-12/h4-5,8-11H,6-7H2,1-3H3,(H,20,23). The Bertz CT molecular complexity index is 901. The number of nitrogens with one attached hydrogen (secondary N) is 1.